The van der Waals surface area contributed by atoms with Crippen LogP contribution in [0.15, 0.2) is 24.3 Å². The molecule has 2 unspecified atom stereocenters. The quantitative estimate of drug-likeness (QED) is 0.835. The van der Waals surface area contributed by atoms with E-state index in [2.05, 4.69) is 35.3 Å². The Bertz CT molecular complexity index is 452. The van der Waals surface area contributed by atoms with Crippen LogP contribution in [0.2, 0.25) is 0 Å². The molecular weight excluding hydrogens is 260 g/mol. The molecule has 0 aromatic heterocycles. The van der Waals surface area contributed by atoms with E-state index in [0.717, 1.165) is 18.2 Å². The summed E-state index contributed by atoms with van der Waals surface area (Å²) in [5.74, 6) is 1.03. The molecule has 3 heteroatoms. The zero-order valence-electron chi connectivity index (χ0n) is 13.3. The first kappa shape index (κ1) is 14.9. The molecule has 2 fully saturated rings. The van der Waals surface area contributed by atoms with Gasteiger partial charge in [-0.2, -0.15) is 0 Å². The lowest BCUT2D eigenvalue weighted by Gasteiger charge is -2.32. The average molecular weight is 288 g/mol. The number of benzene rings is 1. The summed E-state index contributed by atoms with van der Waals surface area (Å²) in [6, 6.07) is 10.5. The van der Waals surface area contributed by atoms with E-state index in [4.69, 9.17) is 4.74 Å². The van der Waals surface area contributed by atoms with Gasteiger partial charge in [-0.1, -0.05) is 18.2 Å². The summed E-state index contributed by atoms with van der Waals surface area (Å²) in [5.41, 5.74) is 1.33. The van der Waals surface area contributed by atoms with E-state index >= 15 is 0 Å². The highest BCUT2D eigenvalue weighted by Gasteiger charge is 2.34. The van der Waals surface area contributed by atoms with Crippen LogP contribution in [0, 0.1) is 0 Å². The molecular formula is C18H28N2O. The molecule has 21 heavy (non-hydrogen) atoms. The van der Waals surface area contributed by atoms with Gasteiger partial charge in [-0.25, -0.2) is 0 Å². The van der Waals surface area contributed by atoms with Crippen molar-refractivity contribution in [3.8, 4) is 5.75 Å². The number of hydrogen-bond donors (Lipinski definition) is 1. The second-order valence-corrected chi connectivity index (χ2v) is 6.59. The Kier molecular flexibility index (Phi) is 4.81. The molecule has 1 aliphatic carbocycles. The largest absolute Gasteiger partial charge is 0.496 e. The molecule has 1 aromatic carbocycles. The van der Waals surface area contributed by atoms with Crippen molar-refractivity contribution in [1.82, 2.24) is 10.2 Å². The third kappa shape index (κ3) is 3.78. The summed E-state index contributed by atoms with van der Waals surface area (Å²) in [7, 11) is 1.77. The first-order valence-electron chi connectivity index (χ1n) is 8.39. The Morgan fingerprint density at radius 2 is 2.10 bits per heavy atom. The molecule has 1 aliphatic heterocycles. The lowest BCUT2D eigenvalue weighted by atomic mass is 10.0. The van der Waals surface area contributed by atoms with E-state index in [0.29, 0.717) is 12.1 Å². The fourth-order valence-electron chi connectivity index (χ4n) is 3.57. The zero-order chi connectivity index (χ0) is 14.7. The fourth-order valence-corrected chi connectivity index (χ4v) is 3.57. The minimum Gasteiger partial charge on any atom is -0.496 e. The summed E-state index contributed by atoms with van der Waals surface area (Å²) in [6.07, 6.45) is 6.51. The molecule has 0 radical (unpaired) electrons. The first-order chi connectivity index (χ1) is 10.3. The number of hydrogen-bond acceptors (Lipinski definition) is 3. The highest BCUT2D eigenvalue weighted by Crippen LogP contribution is 2.31. The van der Waals surface area contributed by atoms with Gasteiger partial charge < -0.3 is 10.1 Å². The Morgan fingerprint density at radius 1 is 1.29 bits per heavy atom. The predicted molar refractivity (Wildman–Crippen MR) is 86.9 cm³/mol. The summed E-state index contributed by atoms with van der Waals surface area (Å²) < 4.78 is 5.50. The van der Waals surface area contributed by atoms with Crippen molar-refractivity contribution in [3.63, 3.8) is 0 Å². The van der Waals surface area contributed by atoms with Crippen LogP contribution < -0.4 is 10.1 Å². The molecule has 2 atom stereocenters. The minimum atomic E-state index is 0.580. The molecule has 0 amide bonds. The Balaban J connectivity index is 1.64. The van der Waals surface area contributed by atoms with Gasteiger partial charge >= 0.3 is 0 Å². The summed E-state index contributed by atoms with van der Waals surface area (Å²) in [5, 5.41) is 3.64. The molecule has 1 saturated carbocycles. The van der Waals surface area contributed by atoms with Crippen LogP contribution in [0.5, 0.6) is 5.75 Å². The third-order valence-corrected chi connectivity index (χ3v) is 4.88. The zero-order valence-corrected chi connectivity index (χ0v) is 13.3. The Labute approximate surface area is 128 Å². The van der Waals surface area contributed by atoms with Crippen LogP contribution >= 0.6 is 0 Å². The van der Waals surface area contributed by atoms with Gasteiger partial charge in [-0.15, -0.1) is 0 Å². The van der Waals surface area contributed by atoms with Gasteiger partial charge in [0.25, 0.3) is 0 Å². The van der Waals surface area contributed by atoms with E-state index < -0.39 is 0 Å². The van der Waals surface area contributed by atoms with Gasteiger partial charge in [0.05, 0.1) is 7.11 Å². The summed E-state index contributed by atoms with van der Waals surface area (Å²) >= 11 is 0. The van der Waals surface area contributed by atoms with Crippen molar-refractivity contribution < 1.29 is 4.74 Å². The van der Waals surface area contributed by atoms with Crippen LogP contribution in [0.25, 0.3) is 0 Å². The Hall–Kier alpha value is -1.06. The van der Waals surface area contributed by atoms with Crippen LogP contribution in [-0.4, -0.2) is 43.2 Å². The van der Waals surface area contributed by atoms with E-state index in [1.165, 1.54) is 44.3 Å². The summed E-state index contributed by atoms with van der Waals surface area (Å²) in [6.45, 7) is 4.78. The SMILES string of the molecule is COc1ccccc1CC(C)N(CC1CCCN1)C1CC1. The van der Waals surface area contributed by atoms with Crippen molar-refractivity contribution in [2.75, 3.05) is 20.2 Å². The highest BCUT2D eigenvalue weighted by atomic mass is 16.5. The number of nitrogens with zero attached hydrogens (tertiary/aromatic N) is 1. The number of nitrogens with one attached hydrogen (secondary N) is 1. The molecule has 2 aliphatic rings. The van der Waals surface area contributed by atoms with Crippen LogP contribution in [0.4, 0.5) is 0 Å². The van der Waals surface area contributed by atoms with E-state index in [1.807, 2.05) is 6.07 Å². The van der Waals surface area contributed by atoms with Gasteiger partial charge in [0.1, 0.15) is 5.75 Å². The van der Waals surface area contributed by atoms with Crippen LogP contribution in [0.3, 0.4) is 0 Å². The van der Waals surface area contributed by atoms with Crippen molar-refractivity contribution in [1.29, 1.82) is 0 Å². The minimum absolute atomic E-state index is 0.580. The number of rotatable bonds is 7. The third-order valence-electron chi connectivity index (χ3n) is 4.88. The van der Waals surface area contributed by atoms with E-state index in [-0.39, 0.29) is 0 Å². The maximum absolute atomic E-state index is 5.50. The molecule has 1 saturated heterocycles. The average Bonchev–Trinajstić information content (AvgIpc) is 3.21. The van der Waals surface area contributed by atoms with Crippen LogP contribution in [0.1, 0.15) is 38.2 Å². The lowest BCUT2D eigenvalue weighted by molar-refractivity contribution is 0.179. The topological polar surface area (TPSA) is 24.5 Å². The molecule has 0 bridgehead atoms. The lowest BCUT2D eigenvalue weighted by Crippen LogP contribution is -2.44. The number of para-hydroxylation sites is 1. The standard InChI is InChI=1S/C18H28N2O/c1-14(12-15-6-3-4-8-18(15)21-2)20(17-9-10-17)13-16-7-5-11-19-16/h3-4,6,8,14,16-17,19H,5,7,9-13H2,1-2H3. The predicted octanol–water partition coefficient (Wildman–Crippen LogP) is 2.84. The van der Waals surface area contributed by atoms with Gasteiger partial charge in [-0.05, 0) is 57.2 Å². The number of methoxy groups -OCH3 is 1. The Morgan fingerprint density at radius 3 is 2.76 bits per heavy atom. The maximum Gasteiger partial charge on any atom is 0.122 e. The molecule has 1 N–H and O–H groups in total. The van der Waals surface area contributed by atoms with Crippen molar-refractivity contribution in [2.45, 2.75) is 57.2 Å². The fraction of sp³-hybridized carbons (Fsp3) is 0.667. The molecule has 1 heterocycles. The smallest absolute Gasteiger partial charge is 0.122 e. The second kappa shape index (κ2) is 6.80. The van der Waals surface area contributed by atoms with Crippen molar-refractivity contribution in [2.24, 2.45) is 0 Å². The maximum atomic E-state index is 5.50. The molecule has 116 valence electrons. The molecule has 1 aromatic rings. The first-order valence-corrected chi connectivity index (χ1v) is 8.39. The monoisotopic (exact) mass is 288 g/mol. The summed E-state index contributed by atoms with van der Waals surface area (Å²) in [4.78, 5) is 2.73. The van der Waals surface area contributed by atoms with Gasteiger partial charge in [0.15, 0.2) is 0 Å². The number of ether oxygens (including phenoxy) is 1. The normalized spacial score (nSPS) is 23.5. The van der Waals surface area contributed by atoms with E-state index in [1.54, 1.807) is 7.11 Å². The molecule has 3 rings (SSSR count). The van der Waals surface area contributed by atoms with Gasteiger partial charge in [0.2, 0.25) is 0 Å². The van der Waals surface area contributed by atoms with E-state index in [9.17, 15) is 0 Å². The highest BCUT2D eigenvalue weighted by molar-refractivity contribution is 5.33. The van der Waals surface area contributed by atoms with Crippen molar-refractivity contribution in [3.05, 3.63) is 29.8 Å². The van der Waals surface area contributed by atoms with Crippen molar-refractivity contribution >= 4 is 0 Å². The van der Waals surface area contributed by atoms with Gasteiger partial charge in [0, 0.05) is 24.7 Å². The molecule has 3 nitrogen and oxygen atoms in total. The van der Waals surface area contributed by atoms with Crippen LogP contribution in [-0.2, 0) is 6.42 Å². The second-order valence-electron chi connectivity index (χ2n) is 6.59. The molecule has 0 spiro atoms. The van der Waals surface area contributed by atoms with Gasteiger partial charge in [-0.3, -0.25) is 4.90 Å².